The first kappa shape index (κ1) is 64.8. The molecule has 2 aromatic heterocycles. The predicted molar refractivity (Wildman–Crippen MR) is 340 cm³/mol. The zero-order chi connectivity index (χ0) is 62.7. The van der Waals surface area contributed by atoms with Gasteiger partial charge < -0.3 is 51.7 Å². The average molecular weight is 1220 g/mol. The fourth-order valence-corrected chi connectivity index (χ4v) is 15.8. The van der Waals surface area contributed by atoms with Crippen molar-refractivity contribution < 1.29 is 28.0 Å². The molecular weight excluding hydrogens is 1120 g/mol. The van der Waals surface area contributed by atoms with E-state index in [2.05, 4.69) is 54.0 Å². The Morgan fingerprint density at radius 1 is 0.602 bits per heavy atom. The van der Waals surface area contributed by atoms with Gasteiger partial charge in [0.2, 0.25) is 23.6 Å². The highest BCUT2D eigenvalue weighted by molar-refractivity contribution is 5.98. The van der Waals surface area contributed by atoms with Crippen molar-refractivity contribution in [3.63, 3.8) is 0 Å². The molecule has 88 heavy (non-hydrogen) atoms. The second-order valence-electron chi connectivity index (χ2n) is 28.2. The summed E-state index contributed by atoms with van der Waals surface area (Å²) >= 11 is 0. The first-order chi connectivity index (χ1) is 42.0. The fraction of sp³-hybridized carbons (Fsp3) is 0.618. The summed E-state index contributed by atoms with van der Waals surface area (Å²) in [5, 5.41) is 7.41. The zero-order valence-corrected chi connectivity index (χ0v) is 52.9. The van der Waals surface area contributed by atoms with Crippen molar-refractivity contribution >= 4 is 35.0 Å². The minimum atomic E-state index is -0.784. The molecule has 0 bridgehead atoms. The number of unbranched alkanes of at least 4 members (excludes halogenated alkanes) is 4. The maximum Gasteiger partial charge on any atom is 0.251 e. The van der Waals surface area contributed by atoms with Crippen LogP contribution in [0.1, 0.15) is 146 Å². The largest absolute Gasteiger partial charge is 0.370 e. The number of amides is 4. The number of aromatic nitrogens is 2. The van der Waals surface area contributed by atoms with Crippen LogP contribution >= 0.6 is 0 Å². The van der Waals surface area contributed by atoms with Crippen LogP contribution in [0.4, 0.5) is 20.2 Å². The van der Waals surface area contributed by atoms with Crippen LogP contribution in [0.2, 0.25) is 0 Å². The van der Waals surface area contributed by atoms with Gasteiger partial charge in [0.05, 0.1) is 29.9 Å². The first-order valence-corrected chi connectivity index (χ1v) is 32.6. The number of aromatic amines is 2. The molecule has 0 spiro atoms. The normalized spacial score (nSPS) is 24.3. The molecule has 4 amide bonds. The number of carbonyl (C=O) groups is 4. The lowest BCUT2D eigenvalue weighted by molar-refractivity contribution is -0.141. The standard InChI is InChI=1S/C68H96F2N12O6/c1-44-34-79(40-59(84)81-42-66(3,4)61-56(81)30-48(63(86)75-61)28-46-17-21-52(69)22-18-46)54(32-73-44)38-77-26-12-14-50(36-77)68(65(72)88,25-11-9-7-8-10-16-58(71)83)51-15-13-27-78(37-51)39-55-33-74-45(2)35-80(55)41-60(85)82-43-67(5,6)62-57(82)31-49(64(87)76-62)29-47-19-23-53(70)24-20-47/h17-24,30-31,44-45,50-51,54-55,73-74H,7-16,25-29,32-43H2,1-6H3,(H2,71,83)(H2,72,88)(H,75,86)(H,76,87)/t44-,45-,50+,51+,54-,55-/m1/s1. The minimum absolute atomic E-state index is 0.00348. The van der Waals surface area contributed by atoms with E-state index >= 15 is 0 Å². The third kappa shape index (κ3) is 14.8. The number of hydrogen-bond acceptors (Lipinski definition) is 12. The number of rotatable bonds is 23. The maximum atomic E-state index is 14.8. The summed E-state index contributed by atoms with van der Waals surface area (Å²) in [4.78, 5) is 102. The Morgan fingerprint density at radius 2 is 1.02 bits per heavy atom. The molecule has 8 N–H and O–H groups in total. The van der Waals surface area contributed by atoms with E-state index < -0.39 is 16.2 Å². The molecule has 478 valence electrons. The summed E-state index contributed by atoms with van der Waals surface area (Å²) in [6.07, 6.45) is 9.56. The lowest BCUT2D eigenvalue weighted by atomic mass is 9.59. The van der Waals surface area contributed by atoms with Gasteiger partial charge in [0.15, 0.2) is 0 Å². The first-order valence-electron chi connectivity index (χ1n) is 32.6. The number of carbonyl (C=O) groups excluding carboxylic acids is 4. The maximum absolute atomic E-state index is 14.8. The number of pyridine rings is 2. The molecule has 4 saturated heterocycles. The molecule has 18 nitrogen and oxygen atoms in total. The van der Waals surface area contributed by atoms with E-state index in [1.807, 2.05) is 49.6 Å². The van der Waals surface area contributed by atoms with Crippen LogP contribution in [0, 0.1) is 28.9 Å². The Balaban J connectivity index is 0.840. The van der Waals surface area contributed by atoms with Gasteiger partial charge in [0.1, 0.15) is 11.6 Å². The molecule has 20 heteroatoms. The lowest BCUT2D eigenvalue weighted by Crippen LogP contribution is -2.63. The highest BCUT2D eigenvalue weighted by Crippen LogP contribution is 2.49. The van der Waals surface area contributed by atoms with Crippen molar-refractivity contribution in [2.45, 2.75) is 160 Å². The minimum Gasteiger partial charge on any atom is -0.370 e. The van der Waals surface area contributed by atoms with Crippen molar-refractivity contribution in [2.24, 2.45) is 28.7 Å². The summed E-state index contributed by atoms with van der Waals surface area (Å²) < 4.78 is 27.6. The Morgan fingerprint density at radius 3 is 1.44 bits per heavy atom. The lowest BCUT2D eigenvalue weighted by Gasteiger charge is -2.52. The summed E-state index contributed by atoms with van der Waals surface area (Å²) in [6, 6.07) is 16.3. The van der Waals surface area contributed by atoms with Crippen LogP contribution < -0.4 is 43.0 Å². The zero-order valence-electron chi connectivity index (χ0n) is 52.9. The van der Waals surface area contributed by atoms with Gasteiger partial charge >= 0.3 is 0 Å². The molecule has 6 aliphatic rings. The number of fused-ring (bicyclic) bond motifs is 2. The molecule has 6 aliphatic heterocycles. The molecular formula is C68H96F2N12O6. The topological polar surface area (TPSA) is 230 Å². The number of benzene rings is 2. The van der Waals surface area contributed by atoms with Gasteiger partial charge in [-0.15, -0.1) is 0 Å². The van der Waals surface area contributed by atoms with Gasteiger partial charge in [-0.25, -0.2) is 8.78 Å². The van der Waals surface area contributed by atoms with E-state index in [-0.39, 0.29) is 95.5 Å². The molecule has 10 rings (SSSR count). The summed E-state index contributed by atoms with van der Waals surface area (Å²) in [5.41, 5.74) is 15.7. The molecule has 0 radical (unpaired) electrons. The van der Waals surface area contributed by atoms with E-state index in [9.17, 15) is 37.5 Å². The van der Waals surface area contributed by atoms with Crippen LogP contribution in [0.15, 0.2) is 70.3 Å². The van der Waals surface area contributed by atoms with E-state index in [1.54, 1.807) is 24.3 Å². The number of halogens is 2. The number of likely N-dealkylation sites (tertiary alicyclic amines) is 2. The Labute approximate surface area is 517 Å². The summed E-state index contributed by atoms with van der Waals surface area (Å²) in [5.74, 6) is -1.27. The smallest absolute Gasteiger partial charge is 0.251 e. The molecule has 6 atom stereocenters. The molecule has 0 saturated carbocycles. The van der Waals surface area contributed by atoms with Crippen LogP contribution in [-0.2, 0) is 42.8 Å². The summed E-state index contributed by atoms with van der Waals surface area (Å²) in [6.45, 7) is 21.1. The molecule has 2 aromatic carbocycles. The van der Waals surface area contributed by atoms with Gasteiger partial charge in [-0.3, -0.25) is 38.6 Å². The van der Waals surface area contributed by atoms with Crippen molar-refractivity contribution in [3.05, 3.63) is 127 Å². The fourth-order valence-electron chi connectivity index (χ4n) is 15.8. The summed E-state index contributed by atoms with van der Waals surface area (Å²) in [7, 11) is 0. The average Bonchev–Trinajstić information content (AvgIpc) is 2.05. The van der Waals surface area contributed by atoms with Crippen molar-refractivity contribution in [3.8, 4) is 0 Å². The van der Waals surface area contributed by atoms with Gasteiger partial charge in [-0.05, 0) is 125 Å². The van der Waals surface area contributed by atoms with Crippen LogP contribution in [0.25, 0.3) is 0 Å². The molecule has 4 fully saturated rings. The molecule has 4 aromatic rings. The Hall–Kier alpha value is -6.16. The second-order valence-corrected chi connectivity index (χ2v) is 28.2. The van der Waals surface area contributed by atoms with Crippen LogP contribution in [-0.4, -0.2) is 169 Å². The van der Waals surface area contributed by atoms with Crippen molar-refractivity contribution in [1.29, 1.82) is 0 Å². The van der Waals surface area contributed by atoms with E-state index in [1.165, 1.54) is 24.3 Å². The predicted octanol–water partition coefficient (Wildman–Crippen LogP) is 5.91. The Bertz CT molecular complexity index is 3070. The van der Waals surface area contributed by atoms with Crippen LogP contribution in [0.5, 0.6) is 0 Å². The number of primary amides is 2. The number of anilines is 2. The number of piperidine rings is 2. The molecule has 8 heterocycles. The van der Waals surface area contributed by atoms with E-state index in [4.69, 9.17) is 11.5 Å². The molecule has 0 unspecified atom stereocenters. The number of nitrogens with one attached hydrogen (secondary N) is 4. The van der Waals surface area contributed by atoms with Crippen molar-refractivity contribution in [2.75, 3.05) is 101 Å². The number of nitrogens with two attached hydrogens (primary N) is 2. The van der Waals surface area contributed by atoms with Gasteiger partial charge in [-0.2, -0.15) is 0 Å². The number of piperazine rings is 2. The van der Waals surface area contributed by atoms with E-state index in [0.717, 1.165) is 93.4 Å². The highest BCUT2D eigenvalue weighted by atomic mass is 19.1. The monoisotopic (exact) mass is 1210 g/mol. The third-order valence-electron chi connectivity index (χ3n) is 20.5. The van der Waals surface area contributed by atoms with Gasteiger partial charge in [0.25, 0.3) is 11.1 Å². The number of H-pyrrole nitrogens is 2. The third-order valence-corrected chi connectivity index (χ3v) is 20.5. The number of nitrogens with zero attached hydrogens (tertiary/aromatic N) is 6. The van der Waals surface area contributed by atoms with E-state index in [0.29, 0.717) is 114 Å². The molecule has 0 aliphatic carbocycles. The SMILES string of the molecule is C[C@@H]1CN(CC(=O)N2CC(C)(C)c3[nH]c(=O)c(Cc4ccc(F)cc4)cc32)[C@@H](CN2CCC[C@H](C(CCCCCCCC(N)=O)(C(N)=O)[C@H]3CCCN(C[C@H]4CN[C@H](C)CN4CC(=O)N4CC(C)(C)c5[nH]c(=O)c(Cc6ccc(F)cc6)cc54)C3)C2)CN1. The second kappa shape index (κ2) is 27.5. The number of hydrogen-bond donors (Lipinski definition) is 6. The quantitative estimate of drug-likeness (QED) is 0.0477. The van der Waals surface area contributed by atoms with Crippen LogP contribution in [0.3, 0.4) is 0 Å². The highest BCUT2D eigenvalue weighted by Gasteiger charge is 2.52. The Kier molecular flexibility index (Phi) is 20.3. The van der Waals surface area contributed by atoms with Gasteiger partial charge in [-0.1, -0.05) is 77.6 Å². The van der Waals surface area contributed by atoms with Crippen molar-refractivity contribution in [1.82, 2.24) is 40.2 Å². The van der Waals surface area contributed by atoms with Gasteiger partial charge in [0, 0.05) is 142 Å².